The molecule has 0 amide bonds. The van der Waals surface area contributed by atoms with E-state index in [1.54, 1.807) is 6.08 Å². The zero-order valence-corrected chi connectivity index (χ0v) is 21.3. The minimum absolute atomic E-state index is 0.0650. The van der Waals surface area contributed by atoms with Gasteiger partial charge in [-0.1, -0.05) is 92.0 Å². The van der Waals surface area contributed by atoms with Crippen molar-refractivity contribution >= 4 is 5.97 Å². The van der Waals surface area contributed by atoms with Gasteiger partial charge in [0.05, 0.1) is 18.3 Å². The molecule has 1 rings (SSSR count). The Morgan fingerprint density at radius 2 is 1.58 bits per heavy atom. The Kier molecular flexibility index (Phi) is 27.9. The highest BCUT2D eigenvalue weighted by Crippen LogP contribution is 2.36. The van der Waals surface area contributed by atoms with Crippen LogP contribution in [0.15, 0.2) is 24.3 Å². The van der Waals surface area contributed by atoms with Gasteiger partial charge in [-0.3, -0.25) is 4.79 Å². The minimum Gasteiger partial charge on any atom is -0.481 e. The summed E-state index contributed by atoms with van der Waals surface area (Å²) in [6, 6.07) is 0. The Labute approximate surface area is 192 Å². The number of aliphatic hydroxyl groups is 3. The molecule has 0 bridgehead atoms. The first-order valence-electron chi connectivity index (χ1n) is 12.5. The van der Waals surface area contributed by atoms with Gasteiger partial charge in [0.15, 0.2) is 0 Å². The number of hydrogen-bond donors (Lipinski definition) is 4. The zero-order valence-electron chi connectivity index (χ0n) is 21.3. The molecule has 0 unspecified atom stereocenters. The predicted molar refractivity (Wildman–Crippen MR) is 132 cm³/mol. The molecule has 0 aromatic rings. The summed E-state index contributed by atoms with van der Waals surface area (Å²) < 4.78 is 0. The quantitative estimate of drug-likeness (QED) is 0.215. The number of aliphatic carboxylic acids is 1. The fraction of sp³-hybridized carbons (Fsp3) is 0.808. The van der Waals surface area contributed by atoms with Gasteiger partial charge in [0.25, 0.3) is 0 Å². The van der Waals surface area contributed by atoms with Crippen molar-refractivity contribution in [3.05, 3.63) is 24.3 Å². The third-order valence-corrected chi connectivity index (χ3v) is 4.91. The summed E-state index contributed by atoms with van der Waals surface area (Å²) in [5, 5.41) is 39.0. The minimum atomic E-state index is -0.787. The van der Waals surface area contributed by atoms with Crippen molar-refractivity contribution in [1.82, 2.24) is 0 Å². The van der Waals surface area contributed by atoms with Gasteiger partial charge >= 0.3 is 5.97 Å². The number of carboxylic acids is 1. The van der Waals surface area contributed by atoms with Crippen LogP contribution in [-0.4, -0.2) is 44.7 Å². The van der Waals surface area contributed by atoms with E-state index >= 15 is 0 Å². The normalized spacial score (nSPS) is 23.3. The van der Waals surface area contributed by atoms with E-state index in [2.05, 4.69) is 6.92 Å². The molecule has 1 aliphatic rings. The average molecular weight is 445 g/mol. The van der Waals surface area contributed by atoms with E-state index in [-0.39, 0.29) is 18.3 Å². The molecular formula is C26H52O5. The van der Waals surface area contributed by atoms with Crippen LogP contribution in [0.5, 0.6) is 0 Å². The summed E-state index contributed by atoms with van der Waals surface area (Å²) in [5.41, 5.74) is 0. The lowest BCUT2D eigenvalue weighted by Gasteiger charge is -2.19. The van der Waals surface area contributed by atoms with Gasteiger partial charge in [-0.15, -0.1) is 0 Å². The van der Waals surface area contributed by atoms with Crippen LogP contribution in [0.1, 0.15) is 106 Å². The highest BCUT2D eigenvalue weighted by Gasteiger charge is 2.39. The first kappa shape index (κ1) is 34.4. The lowest BCUT2D eigenvalue weighted by atomic mass is 9.89. The van der Waals surface area contributed by atoms with Crippen molar-refractivity contribution in [3.63, 3.8) is 0 Å². The molecule has 5 atom stereocenters. The van der Waals surface area contributed by atoms with E-state index in [0.717, 1.165) is 25.7 Å². The van der Waals surface area contributed by atoms with Crippen molar-refractivity contribution < 1.29 is 25.2 Å². The molecule has 5 heteroatoms. The first-order valence-corrected chi connectivity index (χ1v) is 12.5. The van der Waals surface area contributed by atoms with Crippen LogP contribution >= 0.6 is 0 Å². The molecule has 0 radical (unpaired) electrons. The second-order valence-electron chi connectivity index (χ2n) is 7.05. The molecule has 0 aliphatic heterocycles. The first-order chi connectivity index (χ1) is 15.0. The maximum Gasteiger partial charge on any atom is 0.303 e. The SMILES string of the molecule is CC.CC.CC.CCCCC[C@H](O)/C=C/[C@@H]1[C@@H](C/C=C\CCCC(=O)O)[C@@H](O)C[C@H]1O. The molecule has 0 spiro atoms. The zero-order chi connectivity index (χ0) is 24.7. The summed E-state index contributed by atoms with van der Waals surface area (Å²) in [5.74, 6) is -1.00. The maximum absolute atomic E-state index is 10.5. The molecule has 0 aromatic carbocycles. The molecule has 0 aromatic heterocycles. The van der Waals surface area contributed by atoms with Crippen molar-refractivity contribution in [1.29, 1.82) is 0 Å². The molecule has 186 valence electrons. The molecule has 0 saturated heterocycles. The smallest absolute Gasteiger partial charge is 0.303 e. The van der Waals surface area contributed by atoms with Crippen molar-refractivity contribution in [2.75, 3.05) is 0 Å². The van der Waals surface area contributed by atoms with E-state index in [4.69, 9.17) is 5.11 Å². The Morgan fingerprint density at radius 3 is 2.13 bits per heavy atom. The van der Waals surface area contributed by atoms with Gasteiger partial charge in [-0.25, -0.2) is 0 Å². The van der Waals surface area contributed by atoms with Crippen molar-refractivity contribution in [3.8, 4) is 0 Å². The molecular weight excluding hydrogens is 392 g/mol. The third-order valence-electron chi connectivity index (χ3n) is 4.91. The van der Waals surface area contributed by atoms with E-state index in [1.807, 2.05) is 59.8 Å². The monoisotopic (exact) mass is 444 g/mol. The summed E-state index contributed by atoms with van der Waals surface area (Å²) in [7, 11) is 0. The fourth-order valence-corrected chi connectivity index (χ4v) is 3.41. The van der Waals surface area contributed by atoms with Gasteiger partial charge in [0.2, 0.25) is 0 Å². The van der Waals surface area contributed by atoms with Crippen LogP contribution in [0.2, 0.25) is 0 Å². The van der Waals surface area contributed by atoms with Gasteiger partial charge in [-0.05, 0) is 31.6 Å². The molecule has 1 aliphatic carbocycles. The largest absolute Gasteiger partial charge is 0.481 e. The van der Waals surface area contributed by atoms with Crippen LogP contribution in [-0.2, 0) is 4.79 Å². The summed E-state index contributed by atoms with van der Waals surface area (Å²) >= 11 is 0. The molecule has 4 N–H and O–H groups in total. The van der Waals surface area contributed by atoms with Crippen LogP contribution in [0.4, 0.5) is 0 Å². The second-order valence-corrected chi connectivity index (χ2v) is 7.05. The molecule has 5 nitrogen and oxygen atoms in total. The molecule has 1 saturated carbocycles. The van der Waals surface area contributed by atoms with Gasteiger partial charge in [0, 0.05) is 18.8 Å². The number of aliphatic hydroxyl groups excluding tert-OH is 3. The lowest BCUT2D eigenvalue weighted by Crippen LogP contribution is -2.20. The number of allylic oxidation sites excluding steroid dienone is 2. The third kappa shape index (κ3) is 18.1. The maximum atomic E-state index is 10.5. The number of carboxylic acid groups (broad SMARTS) is 1. The van der Waals surface area contributed by atoms with Crippen molar-refractivity contribution in [2.24, 2.45) is 11.8 Å². The second kappa shape index (κ2) is 25.1. The van der Waals surface area contributed by atoms with Gasteiger partial charge in [0.1, 0.15) is 0 Å². The van der Waals surface area contributed by atoms with E-state index < -0.39 is 24.3 Å². The molecule has 0 heterocycles. The van der Waals surface area contributed by atoms with Crippen LogP contribution < -0.4 is 0 Å². The van der Waals surface area contributed by atoms with E-state index in [9.17, 15) is 20.1 Å². The fourth-order valence-electron chi connectivity index (χ4n) is 3.41. The number of rotatable bonds is 12. The Bertz CT molecular complexity index is 434. The highest BCUT2D eigenvalue weighted by atomic mass is 16.4. The van der Waals surface area contributed by atoms with Crippen LogP contribution in [0.25, 0.3) is 0 Å². The van der Waals surface area contributed by atoms with Gasteiger partial charge in [-0.2, -0.15) is 0 Å². The van der Waals surface area contributed by atoms with Crippen LogP contribution in [0.3, 0.4) is 0 Å². The Morgan fingerprint density at radius 1 is 0.968 bits per heavy atom. The van der Waals surface area contributed by atoms with E-state index in [0.29, 0.717) is 25.7 Å². The summed E-state index contributed by atoms with van der Waals surface area (Å²) in [6.45, 7) is 14.1. The summed E-state index contributed by atoms with van der Waals surface area (Å²) in [4.78, 5) is 10.5. The van der Waals surface area contributed by atoms with Gasteiger partial charge < -0.3 is 20.4 Å². The number of unbranched alkanes of at least 4 members (excludes halogenated alkanes) is 3. The predicted octanol–water partition coefficient (Wildman–Crippen LogP) is 6.12. The highest BCUT2D eigenvalue weighted by molar-refractivity contribution is 5.66. The molecule has 31 heavy (non-hydrogen) atoms. The van der Waals surface area contributed by atoms with Crippen LogP contribution in [0, 0.1) is 11.8 Å². The van der Waals surface area contributed by atoms with Crippen molar-refractivity contribution in [2.45, 2.75) is 125 Å². The standard InChI is InChI=1S/C20H34O5.3C2H6/c1-2-3-6-9-15(21)12-13-17-16(18(22)14-19(17)23)10-7-4-5-8-11-20(24)25;3*1-2/h4,7,12-13,15-19,21-23H,2-3,5-6,8-11,14H2,1H3,(H,24,25);3*1-2H3/b7-4-,13-12+;;;/t15-,16+,17+,18-,19+;;;/m0.../s1. The lowest BCUT2D eigenvalue weighted by molar-refractivity contribution is -0.137. The number of hydrogen-bond acceptors (Lipinski definition) is 4. The Hall–Kier alpha value is -1.17. The number of carbonyl (C=O) groups is 1. The summed E-state index contributed by atoms with van der Waals surface area (Å²) in [6.07, 6.45) is 12.3. The topological polar surface area (TPSA) is 98.0 Å². The Balaban J connectivity index is -0.00000120. The molecule has 1 fully saturated rings. The average Bonchev–Trinajstić information content (AvgIpc) is 3.05. The van der Waals surface area contributed by atoms with E-state index in [1.165, 1.54) is 0 Å².